The van der Waals surface area contributed by atoms with E-state index in [2.05, 4.69) is 41.5 Å². The van der Waals surface area contributed by atoms with Crippen LogP contribution in [0.4, 0.5) is 0 Å². The molecule has 0 aromatic carbocycles. The lowest BCUT2D eigenvalue weighted by Gasteiger charge is -2.18. The summed E-state index contributed by atoms with van der Waals surface area (Å²) in [4.78, 5) is 37.9. The number of carbonyl (C=O) groups excluding carboxylic acids is 3. The van der Waals surface area contributed by atoms with E-state index in [1.54, 1.807) is 0 Å². The van der Waals surface area contributed by atoms with Crippen LogP contribution < -0.4 is 0 Å². The zero-order valence-corrected chi connectivity index (χ0v) is 40.5. The van der Waals surface area contributed by atoms with E-state index in [0.717, 1.165) is 75.5 Å². The van der Waals surface area contributed by atoms with Crippen LogP contribution in [0.3, 0.4) is 0 Å². The van der Waals surface area contributed by atoms with E-state index in [-0.39, 0.29) is 31.1 Å². The summed E-state index contributed by atoms with van der Waals surface area (Å²) in [6, 6.07) is 0. The van der Waals surface area contributed by atoms with E-state index in [9.17, 15) is 14.4 Å². The molecule has 0 N–H and O–H groups in total. The van der Waals surface area contributed by atoms with E-state index in [0.29, 0.717) is 19.3 Å². The highest BCUT2D eigenvalue weighted by atomic mass is 16.6. The summed E-state index contributed by atoms with van der Waals surface area (Å²) in [7, 11) is 0. The second-order valence-electron chi connectivity index (χ2n) is 19.6. The second kappa shape index (κ2) is 44.5. The number of unbranched alkanes of at least 4 members (excludes halogenated alkanes) is 29. The SMILES string of the molecule is CC(C)CCCCCCCCCCCCCCCC(=O)OC[C@@H](COC(=O)CCCCCCCCCCCCC(C)C)OC(=O)CCCCCCCCCCCC(C)C. The van der Waals surface area contributed by atoms with Crippen molar-refractivity contribution in [3.8, 4) is 0 Å². The lowest BCUT2D eigenvalue weighted by Crippen LogP contribution is -2.30. The molecule has 0 saturated carbocycles. The largest absolute Gasteiger partial charge is 0.462 e. The zero-order chi connectivity index (χ0) is 43.4. The molecule has 1 atom stereocenters. The third-order valence-corrected chi connectivity index (χ3v) is 11.9. The van der Waals surface area contributed by atoms with E-state index in [4.69, 9.17) is 14.2 Å². The van der Waals surface area contributed by atoms with E-state index in [1.807, 2.05) is 0 Å². The van der Waals surface area contributed by atoms with Crippen molar-refractivity contribution in [1.29, 1.82) is 0 Å². The first-order valence-electron chi connectivity index (χ1n) is 26.1. The molecule has 0 fully saturated rings. The van der Waals surface area contributed by atoms with Gasteiger partial charge in [0.25, 0.3) is 0 Å². The lowest BCUT2D eigenvalue weighted by atomic mass is 10.0. The molecule has 0 aromatic heterocycles. The van der Waals surface area contributed by atoms with E-state index in [1.165, 1.54) is 167 Å². The fourth-order valence-electron chi connectivity index (χ4n) is 7.94. The Balaban J connectivity index is 4.31. The molecule has 0 saturated heterocycles. The molecule has 0 bridgehead atoms. The van der Waals surface area contributed by atoms with Crippen molar-refractivity contribution in [3.63, 3.8) is 0 Å². The number of carbonyl (C=O) groups is 3. The van der Waals surface area contributed by atoms with Gasteiger partial charge in [0.15, 0.2) is 6.10 Å². The van der Waals surface area contributed by atoms with Crippen molar-refractivity contribution >= 4 is 17.9 Å². The maximum absolute atomic E-state index is 12.8. The summed E-state index contributed by atoms with van der Waals surface area (Å²) in [6.45, 7) is 13.7. The van der Waals surface area contributed by atoms with Crippen LogP contribution in [-0.2, 0) is 28.6 Å². The van der Waals surface area contributed by atoms with E-state index < -0.39 is 6.10 Å². The molecular weight excluding hydrogens is 733 g/mol. The highest BCUT2D eigenvalue weighted by Crippen LogP contribution is 2.18. The fraction of sp³-hybridized carbons (Fsp3) is 0.943. The summed E-state index contributed by atoms with van der Waals surface area (Å²) < 4.78 is 16.8. The van der Waals surface area contributed by atoms with Crippen LogP contribution >= 0.6 is 0 Å². The van der Waals surface area contributed by atoms with Gasteiger partial charge in [-0.15, -0.1) is 0 Å². The molecule has 6 nitrogen and oxygen atoms in total. The predicted molar refractivity (Wildman–Crippen MR) is 252 cm³/mol. The first-order valence-corrected chi connectivity index (χ1v) is 26.1. The van der Waals surface area contributed by atoms with Crippen LogP contribution in [0.15, 0.2) is 0 Å². The van der Waals surface area contributed by atoms with Crippen LogP contribution in [-0.4, -0.2) is 37.2 Å². The van der Waals surface area contributed by atoms with Gasteiger partial charge in [-0.05, 0) is 37.0 Å². The van der Waals surface area contributed by atoms with Gasteiger partial charge in [0.1, 0.15) is 13.2 Å². The second-order valence-corrected chi connectivity index (χ2v) is 19.6. The van der Waals surface area contributed by atoms with Gasteiger partial charge in [0.2, 0.25) is 0 Å². The van der Waals surface area contributed by atoms with Gasteiger partial charge in [-0.1, -0.05) is 247 Å². The Morgan fingerprint density at radius 3 is 0.729 bits per heavy atom. The Kier molecular flexibility index (Phi) is 43.3. The molecule has 0 spiro atoms. The minimum atomic E-state index is -0.763. The zero-order valence-electron chi connectivity index (χ0n) is 40.5. The molecule has 0 unspecified atom stereocenters. The molecule has 350 valence electrons. The summed E-state index contributed by atoms with van der Waals surface area (Å²) in [5, 5.41) is 0. The van der Waals surface area contributed by atoms with Crippen molar-refractivity contribution in [2.45, 2.75) is 292 Å². The summed E-state index contributed by atoms with van der Waals surface area (Å²) in [5.74, 6) is 1.61. The maximum Gasteiger partial charge on any atom is 0.306 e. The van der Waals surface area contributed by atoms with Crippen molar-refractivity contribution < 1.29 is 28.6 Å². The van der Waals surface area contributed by atoms with Gasteiger partial charge < -0.3 is 14.2 Å². The lowest BCUT2D eigenvalue weighted by molar-refractivity contribution is -0.167. The number of ether oxygens (including phenoxy) is 3. The van der Waals surface area contributed by atoms with Gasteiger partial charge >= 0.3 is 17.9 Å². The fourth-order valence-corrected chi connectivity index (χ4v) is 7.94. The molecule has 0 rings (SSSR count). The molecule has 0 heterocycles. The quantitative estimate of drug-likeness (QED) is 0.0345. The van der Waals surface area contributed by atoms with Gasteiger partial charge in [-0.3, -0.25) is 14.4 Å². The van der Waals surface area contributed by atoms with Crippen molar-refractivity contribution in [2.75, 3.05) is 13.2 Å². The Morgan fingerprint density at radius 1 is 0.288 bits per heavy atom. The third-order valence-electron chi connectivity index (χ3n) is 11.9. The van der Waals surface area contributed by atoms with Crippen molar-refractivity contribution in [1.82, 2.24) is 0 Å². The monoisotopic (exact) mass is 835 g/mol. The molecule has 6 heteroatoms. The average molecular weight is 835 g/mol. The highest BCUT2D eigenvalue weighted by molar-refractivity contribution is 5.71. The molecule has 0 aliphatic carbocycles. The Labute approximate surface area is 368 Å². The van der Waals surface area contributed by atoms with Crippen molar-refractivity contribution in [2.24, 2.45) is 17.8 Å². The molecule has 0 aliphatic rings. The smallest absolute Gasteiger partial charge is 0.306 e. The van der Waals surface area contributed by atoms with Gasteiger partial charge in [-0.2, -0.15) is 0 Å². The van der Waals surface area contributed by atoms with Crippen LogP contribution in [0.25, 0.3) is 0 Å². The third kappa shape index (κ3) is 47.3. The van der Waals surface area contributed by atoms with Crippen LogP contribution in [0, 0.1) is 17.8 Å². The predicted octanol–water partition coefficient (Wildman–Crippen LogP) is 16.8. The Morgan fingerprint density at radius 2 is 0.492 bits per heavy atom. The molecular formula is C53H102O6. The van der Waals surface area contributed by atoms with Crippen LogP contribution in [0.2, 0.25) is 0 Å². The van der Waals surface area contributed by atoms with E-state index >= 15 is 0 Å². The van der Waals surface area contributed by atoms with Gasteiger partial charge in [0.05, 0.1) is 0 Å². The van der Waals surface area contributed by atoms with Crippen LogP contribution in [0.5, 0.6) is 0 Å². The normalized spacial score (nSPS) is 12.2. The topological polar surface area (TPSA) is 78.9 Å². The summed E-state index contributed by atoms with van der Waals surface area (Å²) >= 11 is 0. The number of hydrogen-bond donors (Lipinski definition) is 0. The standard InChI is InChI=1S/C53H102O6/c1-47(2)39-33-27-21-15-10-8-7-9-11-18-24-30-36-42-51(54)57-45-50(59-53(56)44-38-32-26-20-14-17-23-29-35-41-49(5)6)46-58-52(55)43-37-31-25-19-13-12-16-22-28-34-40-48(3)4/h47-50H,7-46H2,1-6H3/t50-/m0/s1. The van der Waals surface area contributed by atoms with Crippen molar-refractivity contribution in [3.05, 3.63) is 0 Å². The number of rotatable bonds is 46. The number of esters is 3. The minimum Gasteiger partial charge on any atom is -0.462 e. The first-order chi connectivity index (χ1) is 28.6. The molecule has 0 radical (unpaired) electrons. The molecule has 59 heavy (non-hydrogen) atoms. The summed E-state index contributed by atoms with van der Waals surface area (Å²) in [5.41, 5.74) is 0. The Bertz CT molecular complexity index is 914. The molecule has 0 aliphatic heterocycles. The molecule has 0 amide bonds. The van der Waals surface area contributed by atoms with Crippen LogP contribution in [0.1, 0.15) is 286 Å². The first kappa shape index (κ1) is 57.4. The van der Waals surface area contributed by atoms with Gasteiger partial charge in [0, 0.05) is 19.3 Å². The van der Waals surface area contributed by atoms with Gasteiger partial charge in [-0.25, -0.2) is 0 Å². The summed E-state index contributed by atoms with van der Waals surface area (Å²) in [6.07, 6.45) is 43.8. The molecule has 0 aromatic rings. The Hall–Kier alpha value is -1.59. The average Bonchev–Trinajstić information content (AvgIpc) is 3.19. The highest BCUT2D eigenvalue weighted by Gasteiger charge is 2.19. The maximum atomic E-state index is 12.8. The number of hydrogen-bond acceptors (Lipinski definition) is 6. The minimum absolute atomic E-state index is 0.0648.